The zero-order chi connectivity index (χ0) is 25.8. The third kappa shape index (κ3) is 6.13. The van der Waals surface area contributed by atoms with E-state index in [1.807, 2.05) is 6.92 Å². The molecule has 0 atom stereocenters. The van der Waals surface area contributed by atoms with E-state index in [0.717, 1.165) is 34.5 Å². The molecule has 35 heavy (non-hydrogen) atoms. The zero-order valence-corrected chi connectivity index (χ0v) is 20.2. The van der Waals surface area contributed by atoms with Crippen molar-refractivity contribution in [3.8, 4) is 5.75 Å². The van der Waals surface area contributed by atoms with Crippen molar-refractivity contribution in [2.75, 3.05) is 23.3 Å². The fraction of sp³-hybridized carbons (Fsp3) is 0.240. The van der Waals surface area contributed by atoms with Gasteiger partial charge < -0.3 is 10.1 Å². The monoisotopic (exact) mass is 506 g/mol. The number of hydrogen-bond donors (Lipinski definition) is 1. The molecule has 1 N–H and O–H groups in total. The van der Waals surface area contributed by atoms with Gasteiger partial charge in [-0.05, 0) is 66.9 Å². The number of hydrogen-bond acceptors (Lipinski definition) is 4. The number of nitrogens with zero attached hydrogens (tertiary/aromatic N) is 1. The van der Waals surface area contributed by atoms with Crippen LogP contribution in [0.5, 0.6) is 5.75 Å². The van der Waals surface area contributed by atoms with Crippen LogP contribution < -0.4 is 14.4 Å². The van der Waals surface area contributed by atoms with Gasteiger partial charge in [0.05, 0.1) is 18.4 Å². The van der Waals surface area contributed by atoms with Crippen LogP contribution in [-0.2, 0) is 27.4 Å². The van der Waals surface area contributed by atoms with Crippen LogP contribution >= 0.6 is 0 Å². The van der Waals surface area contributed by atoms with Gasteiger partial charge >= 0.3 is 6.18 Å². The third-order valence-corrected chi connectivity index (χ3v) is 7.08. The molecular weight excluding hydrogens is 481 g/mol. The predicted octanol–water partition coefficient (Wildman–Crippen LogP) is 5.42. The Labute approximate surface area is 202 Å². The van der Waals surface area contributed by atoms with Crippen molar-refractivity contribution >= 4 is 27.3 Å². The number of ether oxygens (including phenoxy) is 1. The molecule has 0 fully saturated rings. The maximum atomic E-state index is 13.7. The minimum atomic E-state index is -4.58. The number of sulfonamides is 1. The highest BCUT2D eigenvalue weighted by molar-refractivity contribution is 7.93. The number of carbonyl (C=O) groups is 1. The molecule has 6 nitrogen and oxygen atoms in total. The summed E-state index contributed by atoms with van der Waals surface area (Å²) in [5.41, 5.74) is 0.827. The van der Waals surface area contributed by atoms with Crippen molar-refractivity contribution in [3.05, 3.63) is 83.4 Å². The molecule has 0 bridgehead atoms. The van der Waals surface area contributed by atoms with Gasteiger partial charge in [0.15, 0.2) is 0 Å². The number of anilines is 2. The molecule has 3 aromatic carbocycles. The van der Waals surface area contributed by atoms with E-state index in [1.165, 1.54) is 25.3 Å². The van der Waals surface area contributed by atoms with E-state index in [4.69, 9.17) is 4.74 Å². The molecule has 10 heteroatoms. The second-order valence-electron chi connectivity index (χ2n) is 7.81. The summed E-state index contributed by atoms with van der Waals surface area (Å²) in [5, 5.41) is 2.36. The van der Waals surface area contributed by atoms with Gasteiger partial charge in [-0.2, -0.15) is 13.2 Å². The molecule has 0 aromatic heterocycles. The van der Waals surface area contributed by atoms with Crippen molar-refractivity contribution in [2.45, 2.75) is 31.3 Å². The molecule has 0 saturated carbocycles. The smallest absolute Gasteiger partial charge is 0.416 e. The molecule has 186 valence electrons. The van der Waals surface area contributed by atoms with Gasteiger partial charge in [-0.1, -0.05) is 31.2 Å². The predicted molar refractivity (Wildman–Crippen MR) is 128 cm³/mol. The molecule has 0 aliphatic carbocycles. The first-order chi connectivity index (χ1) is 16.5. The summed E-state index contributed by atoms with van der Waals surface area (Å²) < 4.78 is 72.7. The van der Waals surface area contributed by atoms with E-state index in [2.05, 4.69) is 5.32 Å². The summed E-state index contributed by atoms with van der Waals surface area (Å²) in [6.07, 6.45) is -3.85. The molecule has 1 amide bonds. The number of rotatable bonds is 8. The number of benzene rings is 3. The maximum Gasteiger partial charge on any atom is 0.416 e. The second kappa shape index (κ2) is 10.4. The minimum absolute atomic E-state index is 0.100. The Morgan fingerprint density at radius 3 is 2.31 bits per heavy atom. The van der Waals surface area contributed by atoms with Gasteiger partial charge in [-0.25, -0.2) is 8.42 Å². The number of nitrogens with one attached hydrogen (secondary N) is 1. The Kier molecular flexibility index (Phi) is 7.74. The average molecular weight is 507 g/mol. The molecule has 0 aliphatic heterocycles. The number of carbonyl (C=O) groups excluding carboxylic acids is 1. The zero-order valence-electron chi connectivity index (χ0n) is 19.4. The molecule has 0 radical (unpaired) electrons. The summed E-state index contributed by atoms with van der Waals surface area (Å²) in [5.74, 6) is -0.705. The topological polar surface area (TPSA) is 75.7 Å². The van der Waals surface area contributed by atoms with Crippen LogP contribution in [0.3, 0.4) is 0 Å². The summed E-state index contributed by atoms with van der Waals surface area (Å²) >= 11 is 0. The lowest BCUT2D eigenvalue weighted by atomic mass is 10.1. The van der Waals surface area contributed by atoms with Crippen molar-refractivity contribution in [1.29, 1.82) is 0 Å². The Morgan fingerprint density at radius 2 is 1.71 bits per heavy atom. The van der Waals surface area contributed by atoms with Crippen LogP contribution in [0.15, 0.2) is 71.6 Å². The fourth-order valence-electron chi connectivity index (χ4n) is 3.42. The van der Waals surface area contributed by atoms with Gasteiger partial charge in [-0.3, -0.25) is 9.10 Å². The van der Waals surface area contributed by atoms with E-state index in [1.54, 1.807) is 37.3 Å². The number of methoxy groups -OCH3 is 1. The summed E-state index contributed by atoms with van der Waals surface area (Å²) in [6, 6.07) is 15.4. The van der Waals surface area contributed by atoms with Crippen LogP contribution in [0.1, 0.15) is 23.6 Å². The van der Waals surface area contributed by atoms with Crippen molar-refractivity contribution in [1.82, 2.24) is 0 Å². The lowest BCUT2D eigenvalue weighted by molar-refractivity contribution is -0.137. The lowest BCUT2D eigenvalue weighted by Crippen LogP contribution is -2.38. The van der Waals surface area contributed by atoms with Crippen LogP contribution in [-0.4, -0.2) is 28.0 Å². The molecule has 0 aliphatic rings. The van der Waals surface area contributed by atoms with Crippen LogP contribution in [0.4, 0.5) is 24.5 Å². The third-order valence-electron chi connectivity index (χ3n) is 5.28. The first-order valence-electron chi connectivity index (χ1n) is 10.7. The standard InChI is InChI=1S/C25H25F3N2O4S/c1-4-18-9-11-21(12-10-18)30(35(32,33)23-14-17(2)8-13-22(23)34-3)16-24(31)29-20-7-5-6-19(15-20)25(26,27)28/h5-15H,4,16H2,1-3H3,(H,29,31). The van der Waals surface area contributed by atoms with Gasteiger partial charge in [0.1, 0.15) is 17.2 Å². The molecule has 0 unspecified atom stereocenters. The van der Waals surface area contributed by atoms with E-state index in [-0.39, 0.29) is 22.0 Å². The van der Waals surface area contributed by atoms with E-state index < -0.39 is 34.2 Å². The second-order valence-corrected chi connectivity index (χ2v) is 9.64. The Balaban J connectivity index is 2.00. The maximum absolute atomic E-state index is 13.7. The highest BCUT2D eigenvalue weighted by Crippen LogP contribution is 2.32. The quantitative estimate of drug-likeness (QED) is 0.443. The number of amides is 1. The van der Waals surface area contributed by atoms with Crippen LogP contribution in [0.25, 0.3) is 0 Å². The van der Waals surface area contributed by atoms with Crippen molar-refractivity contribution in [2.24, 2.45) is 0 Å². The summed E-state index contributed by atoms with van der Waals surface area (Å²) in [4.78, 5) is 12.7. The minimum Gasteiger partial charge on any atom is -0.495 e. The SMILES string of the molecule is CCc1ccc(N(CC(=O)Nc2cccc(C(F)(F)F)c2)S(=O)(=O)c2cc(C)ccc2OC)cc1. The molecule has 3 rings (SSSR count). The molecule has 0 saturated heterocycles. The summed E-state index contributed by atoms with van der Waals surface area (Å²) in [7, 11) is -2.95. The number of halogens is 3. The Hall–Kier alpha value is -3.53. The van der Waals surface area contributed by atoms with Gasteiger partial charge in [0.2, 0.25) is 5.91 Å². The Morgan fingerprint density at radius 1 is 1.03 bits per heavy atom. The highest BCUT2D eigenvalue weighted by Gasteiger charge is 2.32. The van der Waals surface area contributed by atoms with Crippen LogP contribution in [0.2, 0.25) is 0 Å². The van der Waals surface area contributed by atoms with Crippen LogP contribution in [0, 0.1) is 6.92 Å². The first-order valence-corrected chi connectivity index (χ1v) is 12.1. The first kappa shape index (κ1) is 26.1. The average Bonchev–Trinajstić information content (AvgIpc) is 2.82. The largest absolute Gasteiger partial charge is 0.495 e. The number of alkyl halides is 3. The molecule has 0 heterocycles. The van der Waals surface area contributed by atoms with Crippen molar-refractivity contribution < 1.29 is 31.1 Å². The molecule has 3 aromatic rings. The van der Waals surface area contributed by atoms with Gasteiger partial charge in [0.25, 0.3) is 10.0 Å². The summed E-state index contributed by atoms with van der Waals surface area (Å²) in [6.45, 7) is 3.00. The Bertz CT molecular complexity index is 1310. The van der Waals surface area contributed by atoms with E-state index in [0.29, 0.717) is 5.56 Å². The highest BCUT2D eigenvalue weighted by atomic mass is 32.2. The van der Waals surface area contributed by atoms with Gasteiger partial charge in [-0.15, -0.1) is 0 Å². The normalized spacial score (nSPS) is 11.7. The number of aryl methyl sites for hydroxylation is 2. The lowest BCUT2D eigenvalue weighted by Gasteiger charge is -2.25. The van der Waals surface area contributed by atoms with Gasteiger partial charge in [0, 0.05) is 5.69 Å². The van der Waals surface area contributed by atoms with E-state index >= 15 is 0 Å². The molecule has 0 spiro atoms. The van der Waals surface area contributed by atoms with Crippen molar-refractivity contribution in [3.63, 3.8) is 0 Å². The molecular formula is C25H25F3N2O4S. The van der Waals surface area contributed by atoms with E-state index in [9.17, 15) is 26.4 Å². The fourth-order valence-corrected chi connectivity index (χ4v) is 5.09.